The van der Waals surface area contributed by atoms with Crippen molar-refractivity contribution in [3.8, 4) is 0 Å². The number of aromatic nitrogens is 1. The van der Waals surface area contributed by atoms with Crippen molar-refractivity contribution >= 4 is 0 Å². The number of nitrogens with zero attached hydrogens (tertiary/aromatic N) is 2. The fraction of sp³-hybridized carbons (Fsp3) is 0.643. The summed E-state index contributed by atoms with van der Waals surface area (Å²) in [5.41, 5.74) is 8.73. The van der Waals surface area contributed by atoms with E-state index < -0.39 is 0 Å². The quantitative estimate of drug-likeness (QED) is 0.809. The summed E-state index contributed by atoms with van der Waals surface area (Å²) in [5.74, 6) is 0. The first-order chi connectivity index (χ1) is 7.89. The van der Waals surface area contributed by atoms with Crippen LogP contribution in [-0.2, 0) is 0 Å². The van der Waals surface area contributed by atoms with Crippen molar-refractivity contribution in [1.29, 1.82) is 0 Å². The van der Waals surface area contributed by atoms with Crippen molar-refractivity contribution < 1.29 is 0 Å². The van der Waals surface area contributed by atoms with Gasteiger partial charge in [0.25, 0.3) is 0 Å². The van der Waals surface area contributed by atoms with Crippen molar-refractivity contribution in [2.75, 3.05) is 6.54 Å². The molecule has 0 spiro atoms. The standard InChI is InChI=1S/C14H23N3/c1-10-5-6-11(9-16-10)13-12(15)7-8-17(13)14(2,3)4/h5-6,9,12-13H,7-8,15H2,1-4H3. The highest BCUT2D eigenvalue weighted by molar-refractivity contribution is 5.21. The van der Waals surface area contributed by atoms with Gasteiger partial charge in [-0.05, 0) is 45.7 Å². The minimum Gasteiger partial charge on any atom is -0.326 e. The molecule has 0 saturated carbocycles. The molecule has 1 aromatic heterocycles. The van der Waals surface area contributed by atoms with E-state index in [1.54, 1.807) is 0 Å². The topological polar surface area (TPSA) is 42.1 Å². The molecular weight excluding hydrogens is 210 g/mol. The molecule has 2 rings (SSSR count). The van der Waals surface area contributed by atoms with E-state index >= 15 is 0 Å². The number of hydrogen-bond donors (Lipinski definition) is 1. The van der Waals surface area contributed by atoms with Crippen LogP contribution in [0, 0.1) is 6.92 Å². The Morgan fingerprint density at radius 3 is 2.59 bits per heavy atom. The summed E-state index contributed by atoms with van der Waals surface area (Å²) in [5, 5.41) is 0. The molecule has 3 nitrogen and oxygen atoms in total. The van der Waals surface area contributed by atoms with Gasteiger partial charge in [-0.25, -0.2) is 0 Å². The maximum Gasteiger partial charge on any atom is 0.0520 e. The zero-order chi connectivity index (χ0) is 12.6. The second-order valence-corrected chi connectivity index (χ2v) is 5.99. The van der Waals surface area contributed by atoms with E-state index in [0.717, 1.165) is 18.7 Å². The maximum atomic E-state index is 6.27. The third-order valence-electron chi connectivity index (χ3n) is 3.58. The van der Waals surface area contributed by atoms with Crippen molar-refractivity contribution in [3.63, 3.8) is 0 Å². The molecule has 1 fully saturated rings. The summed E-state index contributed by atoms with van der Waals surface area (Å²) in [6.45, 7) is 9.84. The van der Waals surface area contributed by atoms with E-state index in [0.29, 0.717) is 6.04 Å². The van der Waals surface area contributed by atoms with Gasteiger partial charge in [0.05, 0.1) is 6.04 Å². The highest BCUT2D eigenvalue weighted by atomic mass is 15.3. The molecule has 94 valence electrons. The van der Waals surface area contributed by atoms with Crippen LogP contribution in [0.15, 0.2) is 18.3 Å². The average molecular weight is 233 g/mol. The molecular formula is C14H23N3. The third kappa shape index (κ3) is 2.50. The lowest BCUT2D eigenvalue weighted by atomic mass is 9.98. The number of aryl methyl sites for hydroxylation is 1. The molecule has 2 N–H and O–H groups in total. The largest absolute Gasteiger partial charge is 0.326 e. The summed E-state index contributed by atoms with van der Waals surface area (Å²) < 4.78 is 0. The van der Waals surface area contributed by atoms with Gasteiger partial charge in [-0.3, -0.25) is 9.88 Å². The molecule has 0 radical (unpaired) electrons. The molecule has 3 heteroatoms. The molecule has 2 heterocycles. The predicted molar refractivity (Wildman–Crippen MR) is 70.8 cm³/mol. The van der Waals surface area contributed by atoms with Gasteiger partial charge in [0.2, 0.25) is 0 Å². The van der Waals surface area contributed by atoms with E-state index in [1.807, 2.05) is 13.1 Å². The summed E-state index contributed by atoms with van der Waals surface area (Å²) in [6.07, 6.45) is 3.04. The fourth-order valence-electron chi connectivity index (χ4n) is 2.65. The summed E-state index contributed by atoms with van der Waals surface area (Å²) in [7, 11) is 0. The molecule has 0 bridgehead atoms. The minimum atomic E-state index is 0.156. The SMILES string of the molecule is Cc1ccc(C2C(N)CCN2C(C)(C)C)cn1. The second kappa shape index (κ2) is 4.39. The monoisotopic (exact) mass is 233 g/mol. The van der Waals surface area contributed by atoms with Gasteiger partial charge >= 0.3 is 0 Å². The van der Waals surface area contributed by atoms with Crippen LogP contribution in [0.4, 0.5) is 0 Å². The fourth-order valence-corrected chi connectivity index (χ4v) is 2.65. The van der Waals surface area contributed by atoms with E-state index in [1.165, 1.54) is 5.56 Å². The van der Waals surface area contributed by atoms with Gasteiger partial charge in [-0.15, -0.1) is 0 Å². The van der Waals surface area contributed by atoms with Crippen LogP contribution in [0.3, 0.4) is 0 Å². The molecule has 1 aliphatic heterocycles. The Hall–Kier alpha value is -0.930. The zero-order valence-electron chi connectivity index (χ0n) is 11.3. The van der Waals surface area contributed by atoms with Crippen LogP contribution < -0.4 is 5.73 Å². The average Bonchev–Trinajstić information content (AvgIpc) is 2.61. The maximum absolute atomic E-state index is 6.27. The van der Waals surface area contributed by atoms with Crippen molar-refractivity contribution in [2.24, 2.45) is 5.73 Å². The smallest absolute Gasteiger partial charge is 0.0520 e. The Balaban J connectivity index is 2.31. The zero-order valence-corrected chi connectivity index (χ0v) is 11.3. The predicted octanol–water partition coefficient (Wildman–Crippen LogP) is 2.26. The van der Waals surface area contributed by atoms with Gasteiger partial charge in [0.1, 0.15) is 0 Å². The third-order valence-corrected chi connectivity index (χ3v) is 3.58. The van der Waals surface area contributed by atoms with E-state index in [2.05, 4.69) is 42.8 Å². The number of nitrogens with two attached hydrogens (primary N) is 1. The molecule has 2 atom stereocenters. The lowest BCUT2D eigenvalue weighted by Crippen LogP contribution is -2.43. The number of rotatable bonds is 1. The van der Waals surface area contributed by atoms with Gasteiger partial charge in [0.15, 0.2) is 0 Å². The molecule has 17 heavy (non-hydrogen) atoms. The molecule has 1 aliphatic rings. The Morgan fingerprint density at radius 1 is 1.35 bits per heavy atom. The second-order valence-electron chi connectivity index (χ2n) is 5.99. The summed E-state index contributed by atoms with van der Waals surface area (Å²) in [4.78, 5) is 6.88. The van der Waals surface area contributed by atoms with Crippen molar-refractivity contribution in [1.82, 2.24) is 9.88 Å². The van der Waals surface area contributed by atoms with Crippen LogP contribution in [0.25, 0.3) is 0 Å². The Morgan fingerprint density at radius 2 is 2.06 bits per heavy atom. The van der Waals surface area contributed by atoms with Crippen molar-refractivity contribution in [2.45, 2.75) is 51.7 Å². The lowest BCUT2D eigenvalue weighted by Gasteiger charge is -2.38. The van der Waals surface area contributed by atoms with Gasteiger partial charge in [-0.1, -0.05) is 6.07 Å². The number of likely N-dealkylation sites (tertiary alicyclic amines) is 1. The molecule has 2 unspecified atom stereocenters. The first-order valence-electron chi connectivity index (χ1n) is 6.34. The van der Waals surface area contributed by atoms with E-state index in [-0.39, 0.29) is 11.6 Å². The molecule has 1 saturated heterocycles. The van der Waals surface area contributed by atoms with Crippen LogP contribution in [0.2, 0.25) is 0 Å². The van der Waals surface area contributed by atoms with E-state index in [4.69, 9.17) is 5.73 Å². The normalized spacial score (nSPS) is 26.4. The lowest BCUT2D eigenvalue weighted by molar-refractivity contribution is 0.117. The Labute approximate surface area is 104 Å². The number of pyridine rings is 1. The van der Waals surface area contributed by atoms with Crippen LogP contribution in [0.1, 0.15) is 44.5 Å². The van der Waals surface area contributed by atoms with Crippen LogP contribution in [0.5, 0.6) is 0 Å². The molecule has 1 aromatic rings. The first kappa shape index (κ1) is 12.5. The van der Waals surface area contributed by atoms with Gasteiger partial charge in [-0.2, -0.15) is 0 Å². The molecule has 0 aromatic carbocycles. The first-order valence-corrected chi connectivity index (χ1v) is 6.34. The summed E-state index contributed by atoms with van der Waals surface area (Å²) >= 11 is 0. The Bertz CT molecular complexity index is 377. The molecule has 0 aliphatic carbocycles. The van der Waals surface area contributed by atoms with Crippen molar-refractivity contribution in [3.05, 3.63) is 29.6 Å². The minimum absolute atomic E-state index is 0.156. The van der Waals surface area contributed by atoms with Crippen LogP contribution >= 0.6 is 0 Å². The van der Waals surface area contributed by atoms with Gasteiger partial charge < -0.3 is 5.73 Å². The highest BCUT2D eigenvalue weighted by Gasteiger charge is 2.38. The van der Waals surface area contributed by atoms with E-state index in [9.17, 15) is 0 Å². The number of hydrogen-bond acceptors (Lipinski definition) is 3. The summed E-state index contributed by atoms with van der Waals surface area (Å²) in [6, 6.07) is 4.76. The Kier molecular flexibility index (Phi) is 3.23. The molecule has 0 amide bonds. The van der Waals surface area contributed by atoms with Crippen LogP contribution in [-0.4, -0.2) is 28.0 Å². The van der Waals surface area contributed by atoms with Gasteiger partial charge in [0, 0.05) is 30.0 Å². The highest BCUT2D eigenvalue weighted by Crippen LogP contribution is 2.36.